The number of amides is 1. The number of nitrogens with zero attached hydrogens (tertiary/aromatic N) is 6. The number of hydrogen-bond acceptors (Lipinski definition) is 7. The molecule has 3 heterocycles. The van der Waals surface area contributed by atoms with Crippen molar-refractivity contribution >= 4 is 17.2 Å². The van der Waals surface area contributed by atoms with E-state index in [1.54, 1.807) is 12.1 Å². The van der Waals surface area contributed by atoms with Crippen LogP contribution in [0.5, 0.6) is 0 Å². The average Bonchev–Trinajstić information content (AvgIpc) is 3.33. The predicted octanol–water partition coefficient (Wildman–Crippen LogP) is 2.05. The van der Waals surface area contributed by atoms with E-state index in [1.807, 2.05) is 17.9 Å². The van der Waals surface area contributed by atoms with Gasteiger partial charge in [0, 0.05) is 45.0 Å². The van der Waals surface area contributed by atoms with Crippen LogP contribution in [0.2, 0.25) is 0 Å². The lowest BCUT2D eigenvalue weighted by Gasteiger charge is -2.20. The molecule has 3 aromatic rings. The van der Waals surface area contributed by atoms with Crippen LogP contribution in [0, 0.1) is 5.82 Å². The number of benzene rings is 1. The van der Waals surface area contributed by atoms with Crippen LogP contribution in [0.3, 0.4) is 0 Å². The molecule has 0 bridgehead atoms. The zero-order valence-corrected chi connectivity index (χ0v) is 18.3. The Labute approximate surface area is 184 Å². The molecule has 2 aromatic heterocycles. The first kappa shape index (κ1) is 21.5. The molecule has 1 aromatic carbocycles. The van der Waals surface area contributed by atoms with Crippen molar-refractivity contribution in [2.24, 2.45) is 7.05 Å². The summed E-state index contributed by atoms with van der Waals surface area (Å²) < 4.78 is 14.8. The van der Waals surface area contributed by atoms with Crippen molar-refractivity contribution in [3.05, 3.63) is 63.6 Å². The highest BCUT2D eigenvalue weighted by Gasteiger charge is 2.19. The van der Waals surface area contributed by atoms with Gasteiger partial charge in [0.15, 0.2) is 0 Å². The number of hydrogen-bond donors (Lipinski definition) is 1. The van der Waals surface area contributed by atoms with Crippen molar-refractivity contribution in [1.29, 1.82) is 0 Å². The van der Waals surface area contributed by atoms with Gasteiger partial charge in [0.2, 0.25) is 5.01 Å². The van der Waals surface area contributed by atoms with Gasteiger partial charge in [-0.1, -0.05) is 23.5 Å². The molecule has 1 saturated heterocycles. The van der Waals surface area contributed by atoms with Gasteiger partial charge in [-0.15, -0.1) is 10.2 Å². The normalized spacial score (nSPS) is 15.7. The fourth-order valence-corrected chi connectivity index (χ4v) is 4.41. The lowest BCUT2D eigenvalue weighted by Crippen LogP contribution is -2.30. The first-order valence-electron chi connectivity index (χ1n) is 10.3. The van der Waals surface area contributed by atoms with Crippen molar-refractivity contribution in [2.45, 2.75) is 26.1 Å². The van der Waals surface area contributed by atoms with Crippen molar-refractivity contribution in [3.8, 4) is 0 Å². The van der Waals surface area contributed by atoms with Gasteiger partial charge < -0.3 is 5.32 Å². The van der Waals surface area contributed by atoms with E-state index in [-0.39, 0.29) is 11.7 Å². The second-order valence-electron chi connectivity index (χ2n) is 7.74. The van der Waals surface area contributed by atoms with Crippen LogP contribution in [0.25, 0.3) is 0 Å². The summed E-state index contributed by atoms with van der Waals surface area (Å²) in [5, 5.41) is 16.5. The third-order valence-electron chi connectivity index (χ3n) is 5.23. The van der Waals surface area contributed by atoms with Crippen molar-refractivity contribution in [1.82, 2.24) is 35.1 Å². The third kappa shape index (κ3) is 6.16. The Hall–Kier alpha value is -2.69. The highest BCUT2D eigenvalue weighted by atomic mass is 32.1. The molecule has 1 amide bonds. The quantitative estimate of drug-likeness (QED) is 0.602. The van der Waals surface area contributed by atoms with Gasteiger partial charge in [-0.2, -0.15) is 5.10 Å². The Morgan fingerprint density at radius 2 is 1.81 bits per heavy atom. The van der Waals surface area contributed by atoms with E-state index in [9.17, 15) is 9.18 Å². The molecule has 0 aliphatic carbocycles. The number of carbonyl (C=O) groups is 1. The Kier molecular flexibility index (Phi) is 7.00. The average molecular weight is 444 g/mol. The number of rotatable bonds is 7. The first-order chi connectivity index (χ1) is 15.0. The maximum Gasteiger partial charge on any atom is 0.282 e. The smallest absolute Gasteiger partial charge is 0.282 e. The fourth-order valence-electron chi connectivity index (χ4n) is 3.61. The molecule has 10 heteroatoms. The first-order valence-corrected chi connectivity index (χ1v) is 11.1. The highest BCUT2D eigenvalue weighted by Crippen LogP contribution is 2.15. The second-order valence-corrected chi connectivity index (χ2v) is 8.80. The van der Waals surface area contributed by atoms with E-state index in [0.29, 0.717) is 18.1 Å². The van der Waals surface area contributed by atoms with Crippen molar-refractivity contribution < 1.29 is 9.18 Å². The maximum atomic E-state index is 13.0. The van der Waals surface area contributed by atoms with E-state index in [2.05, 4.69) is 36.6 Å². The van der Waals surface area contributed by atoms with Gasteiger partial charge in [0.1, 0.15) is 10.8 Å². The largest absolute Gasteiger partial charge is 0.346 e. The van der Waals surface area contributed by atoms with Crippen LogP contribution < -0.4 is 5.32 Å². The minimum absolute atomic E-state index is 0.258. The monoisotopic (exact) mass is 443 g/mol. The van der Waals surface area contributed by atoms with Gasteiger partial charge >= 0.3 is 0 Å². The Morgan fingerprint density at radius 1 is 1.06 bits per heavy atom. The molecular formula is C21H26FN7OS. The SMILES string of the molecule is Cn1cc(CN2CCCN(Cc3nnc(C(=O)NCc4ccc(F)cc4)s3)CC2)cn1. The Bertz CT molecular complexity index is 1000. The summed E-state index contributed by atoms with van der Waals surface area (Å²) >= 11 is 1.32. The van der Waals surface area contributed by atoms with E-state index in [4.69, 9.17) is 0 Å². The van der Waals surface area contributed by atoms with Crippen LogP contribution in [0.1, 0.15) is 32.4 Å². The molecule has 164 valence electrons. The molecule has 1 fully saturated rings. The van der Waals surface area contributed by atoms with Gasteiger partial charge in [-0.05, 0) is 37.2 Å². The Balaban J connectivity index is 1.25. The molecule has 0 unspecified atom stereocenters. The summed E-state index contributed by atoms with van der Waals surface area (Å²) in [6.07, 6.45) is 5.07. The third-order valence-corrected chi connectivity index (χ3v) is 6.14. The molecule has 0 radical (unpaired) electrons. The second kappa shape index (κ2) is 10.1. The minimum Gasteiger partial charge on any atom is -0.346 e. The fraction of sp³-hybridized carbons (Fsp3) is 0.429. The Morgan fingerprint density at radius 3 is 2.52 bits per heavy atom. The van der Waals surface area contributed by atoms with E-state index >= 15 is 0 Å². The van der Waals surface area contributed by atoms with Crippen LogP contribution in [-0.4, -0.2) is 61.9 Å². The number of aromatic nitrogens is 4. The topological polar surface area (TPSA) is 79.2 Å². The minimum atomic E-state index is -0.294. The molecule has 4 rings (SSSR count). The number of aryl methyl sites for hydroxylation is 1. The molecule has 31 heavy (non-hydrogen) atoms. The number of nitrogens with one attached hydrogen (secondary N) is 1. The van der Waals surface area contributed by atoms with Crippen molar-refractivity contribution in [3.63, 3.8) is 0 Å². The summed E-state index contributed by atoms with van der Waals surface area (Å²) in [6.45, 7) is 5.92. The standard InChI is InChI=1S/C21H26FN7OS/c1-27-13-17(12-24-27)14-28-7-2-8-29(10-9-28)15-19-25-26-21(31-19)20(30)23-11-16-3-5-18(22)6-4-16/h3-6,12-13H,2,7-11,14-15H2,1H3,(H,23,30). The molecule has 1 aliphatic heterocycles. The van der Waals surface area contributed by atoms with Crippen molar-refractivity contribution in [2.75, 3.05) is 26.2 Å². The number of halogens is 1. The summed E-state index contributed by atoms with van der Waals surface area (Å²) in [5.74, 6) is -0.552. The lowest BCUT2D eigenvalue weighted by molar-refractivity contribution is 0.0950. The molecule has 0 saturated carbocycles. The maximum absolute atomic E-state index is 13.0. The molecule has 8 nitrogen and oxygen atoms in total. The van der Waals surface area contributed by atoms with E-state index in [0.717, 1.165) is 49.7 Å². The van der Waals surface area contributed by atoms with Crippen LogP contribution >= 0.6 is 11.3 Å². The lowest BCUT2D eigenvalue weighted by atomic mass is 10.2. The van der Waals surface area contributed by atoms with E-state index < -0.39 is 0 Å². The zero-order valence-electron chi connectivity index (χ0n) is 17.5. The number of carbonyl (C=O) groups excluding carboxylic acids is 1. The molecule has 0 atom stereocenters. The molecule has 0 spiro atoms. The van der Waals surface area contributed by atoms with Gasteiger partial charge in [-0.25, -0.2) is 4.39 Å². The zero-order chi connectivity index (χ0) is 21.6. The van der Waals surface area contributed by atoms with Gasteiger partial charge in [-0.3, -0.25) is 19.3 Å². The van der Waals surface area contributed by atoms with Crippen LogP contribution in [0.4, 0.5) is 4.39 Å². The van der Waals surface area contributed by atoms with Crippen LogP contribution in [0.15, 0.2) is 36.7 Å². The van der Waals surface area contributed by atoms with Gasteiger partial charge in [0.05, 0.1) is 12.7 Å². The summed E-state index contributed by atoms with van der Waals surface area (Å²) in [4.78, 5) is 17.2. The summed E-state index contributed by atoms with van der Waals surface area (Å²) in [6, 6.07) is 6.06. The predicted molar refractivity (Wildman–Crippen MR) is 116 cm³/mol. The molecule has 1 aliphatic rings. The summed E-state index contributed by atoms with van der Waals surface area (Å²) in [5.41, 5.74) is 2.07. The van der Waals surface area contributed by atoms with E-state index in [1.165, 1.54) is 29.0 Å². The van der Waals surface area contributed by atoms with Gasteiger partial charge in [0.25, 0.3) is 5.91 Å². The van der Waals surface area contributed by atoms with Crippen LogP contribution in [-0.2, 0) is 26.7 Å². The summed E-state index contributed by atoms with van der Waals surface area (Å²) in [7, 11) is 1.94. The molecular weight excluding hydrogens is 417 g/mol. The molecule has 1 N–H and O–H groups in total. The highest BCUT2D eigenvalue weighted by molar-refractivity contribution is 7.13.